The third-order valence-corrected chi connectivity index (χ3v) is 4.34. The number of aromatic amines is 1. The molecule has 0 aliphatic rings. The van der Waals surface area contributed by atoms with E-state index in [9.17, 15) is 9.59 Å². The fourth-order valence-electron chi connectivity index (χ4n) is 2.12. The third-order valence-electron chi connectivity index (χ3n) is 3.63. The van der Waals surface area contributed by atoms with Crippen LogP contribution in [0.25, 0.3) is 0 Å². The number of hydrogen-bond donors (Lipinski definition) is 3. The highest BCUT2D eigenvalue weighted by Gasteiger charge is 2.16. The zero-order chi connectivity index (χ0) is 24.0. The summed E-state index contributed by atoms with van der Waals surface area (Å²) in [5, 5.41) is 10.1. The van der Waals surface area contributed by atoms with Gasteiger partial charge in [0.1, 0.15) is 10.8 Å². The summed E-state index contributed by atoms with van der Waals surface area (Å²) in [6.45, 7) is 4.07. The smallest absolute Gasteiger partial charge is 0.255 e. The molecule has 1 aromatic heterocycles. The Bertz CT molecular complexity index is 906. The second kappa shape index (κ2) is 15.3. The van der Waals surface area contributed by atoms with E-state index in [-0.39, 0.29) is 5.91 Å². The van der Waals surface area contributed by atoms with Crippen molar-refractivity contribution >= 4 is 52.7 Å². The number of nitrogens with one attached hydrogen (secondary N) is 2. The molecular weight excluding hydrogens is 461 g/mol. The number of aldehydes is 1. The molecule has 0 saturated heterocycles. The molecule has 0 aliphatic heterocycles. The molecule has 10 heteroatoms. The maximum absolute atomic E-state index is 11.8. The molecular formula is C21H28Cl3N5O2. The first-order valence-corrected chi connectivity index (χ1v) is 10.4. The van der Waals surface area contributed by atoms with E-state index in [0.717, 1.165) is 6.42 Å². The van der Waals surface area contributed by atoms with Crippen LogP contribution >= 0.6 is 34.8 Å². The highest BCUT2D eigenvalue weighted by molar-refractivity contribution is 6.37. The molecule has 2 aromatic rings. The van der Waals surface area contributed by atoms with Gasteiger partial charge >= 0.3 is 0 Å². The van der Waals surface area contributed by atoms with E-state index in [1.807, 2.05) is 19.1 Å². The van der Waals surface area contributed by atoms with E-state index in [1.165, 1.54) is 16.5 Å². The van der Waals surface area contributed by atoms with Gasteiger partial charge in [-0.15, -0.1) is 0 Å². The Balaban J connectivity index is 0.000000477. The molecule has 1 heterocycles. The number of benzene rings is 1. The van der Waals surface area contributed by atoms with Crippen LogP contribution < -0.4 is 11.1 Å². The minimum atomic E-state index is -0.135. The summed E-state index contributed by atoms with van der Waals surface area (Å²) in [5.41, 5.74) is 7.84. The van der Waals surface area contributed by atoms with Gasteiger partial charge in [-0.3, -0.25) is 14.7 Å². The van der Waals surface area contributed by atoms with Crippen molar-refractivity contribution in [1.82, 2.24) is 15.1 Å². The maximum atomic E-state index is 11.8. The average molecular weight is 489 g/mol. The van der Waals surface area contributed by atoms with E-state index in [4.69, 9.17) is 40.5 Å². The van der Waals surface area contributed by atoms with Gasteiger partial charge in [-0.25, -0.2) is 0 Å². The average Bonchev–Trinajstić information content (AvgIpc) is 3.17. The Kier molecular flexibility index (Phi) is 14.1. The summed E-state index contributed by atoms with van der Waals surface area (Å²) < 4.78 is 0. The molecule has 0 bridgehead atoms. The van der Waals surface area contributed by atoms with E-state index >= 15 is 0 Å². The summed E-state index contributed by atoms with van der Waals surface area (Å²) in [7, 11) is 5.06. The number of aromatic nitrogens is 2. The van der Waals surface area contributed by atoms with Crippen molar-refractivity contribution in [1.29, 1.82) is 0 Å². The van der Waals surface area contributed by atoms with Crippen molar-refractivity contribution in [2.24, 2.45) is 5.73 Å². The van der Waals surface area contributed by atoms with Gasteiger partial charge in [-0.2, -0.15) is 5.10 Å². The number of carbonyl (C=O) groups is 2. The highest BCUT2D eigenvalue weighted by Crippen LogP contribution is 2.30. The molecule has 0 radical (unpaired) electrons. The predicted molar refractivity (Wildman–Crippen MR) is 130 cm³/mol. The molecule has 0 spiro atoms. The Labute approximate surface area is 198 Å². The number of nitrogens with zero attached hydrogens (tertiary/aromatic N) is 2. The number of H-pyrrole nitrogens is 1. The monoisotopic (exact) mass is 487 g/mol. The molecule has 0 saturated carbocycles. The fourth-order valence-corrected chi connectivity index (χ4v) is 2.86. The van der Waals surface area contributed by atoms with Gasteiger partial charge in [0.15, 0.2) is 6.29 Å². The van der Waals surface area contributed by atoms with Crippen LogP contribution in [0.2, 0.25) is 15.2 Å². The zero-order valence-corrected chi connectivity index (χ0v) is 20.4. The van der Waals surface area contributed by atoms with Gasteiger partial charge < -0.3 is 16.0 Å². The van der Waals surface area contributed by atoms with Crippen LogP contribution in [0.3, 0.4) is 0 Å². The number of anilines is 1. The minimum absolute atomic E-state index is 0.135. The summed E-state index contributed by atoms with van der Waals surface area (Å²) in [5.74, 6) is -0.135. The SMILES string of the molecule is C/C=C\C(=C/N)CC.CNc1c(Cl)cc(Cl)cc1C(=O)N(C)C.O=Cc1cc(Cl)[nH]n1. The lowest BCUT2D eigenvalue weighted by molar-refractivity contribution is 0.0828. The standard InChI is InChI=1S/C10H12Cl2N2O.C7H13N.C4H3ClN2O/c1-13-9-7(10(15)14(2)3)4-6(11)5-8(9)12;1-3-5-7(4-2)6-8;5-4-1-3(2-8)6-7-4/h4-5,13H,1-3H3;3,5-6H,4,8H2,1-2H3;1-2H,(H,6,7)/b;5-3-,7-6-;. The molecule has 2 rings (SSSR count). The molecule has 0 unspecified atom stereocenters. The Morgan fingerprint density at radius 2 is 1.90 bits per heavy atom. The lowest BCUT2D eigenvalue weighted by Crippen LogP contribution is -2.22. The highest BCUT2D eigenvalue weighted by atomic mass is 35.5. The van der Waals surface area contributed by atoms with Crippen molar-refractivity contribution in [2.45, 2.75) is 20.3 Å². The first kappa shape index (κ1) is 28.5. The van der Waals surface area contributed by atoms with Gasteiger partial charge in [-0.1, -0.05) is 53.9 Å². The lowest BCUT2D eigenvalue weighted by Gasteiger charge is -2.15. The summed E-state index contributed by atoms with van der Waals surface area (Å²) >= 11 is 17.2. The number of nitrogens with two attached hydrogens (primary N) is 1. The second-order valence-electron chi connectivity index (χ2n) is 6.11. The Morgan fingerprint density at radius 1 is 1.26 bits per heavy atom. The van der Waals surface area contributed by atoms with Gasteiger partial charge in [0.25, 0.3) is 5.91 Å². The summed E-state index contributed by atoms with van der Waals surface area (Å²) in [6, 6.07) is 4.65. The number of allylic oxidation sites excluding steroid dienone is 3. The summed E-state index contributed by atoms with van der Waals surface area (Å²) in [6.07, 6.45) is 7.28. The first-order chi connectivity index (χ1) is 14.6. The van der Waals surface area contributed by atoms with Crippen molar-refractivity contribution < 1.29 is 9.59 Å². The molecule has 31 heavy (non-hydrogen) atoms. The molecule has 7 nitrogen and oxygen atoms in total. The fraction of sp³-hybridized carbons (Fsp3) is 0.286. The third kappa shape index (κ3) is 10.4. The topological polar surface area (TPSA) is 104 Å². The van der Waals surface area contributed by atoms with Crippen molar-refractivity contribution in [3.63, 3.8) is 0 Å². The maximum Gasteiger partial charge on any atom is 0.255 e. The molecule has 4 N–H and O–H groups in total. The van der Waals surface area contributed by atoms with E-state index in [2.05, 4.69) is 22.4 Å². The van der Waals surface area contributed by atoms with Gasteiger partial charge in [0, 0.05) is 32.2 Å². The van der Waals surface area contributed by atoms with Crippen LogP contribution in [0.5, 0.6) is 0 Å². The van der Waals surface area contributed by atoms with Crippen LogP contribution in [-0.2, 0) is 0 Å². The van der Waals surface area contributed by atoms with E-state index in [1.54, 1.807) is 39.5 Å². The zero-order valence-electron chi connectivity index (χ0n) is 18.2. The van der Waals surface area contributed by atoms with Crippen LogP contribution in [-0.4, -0.2) is 48.4 Å². The quantitative estimate of drug-likeness (QED) is 0.384. The second-order valence-corrected chi connectivity index (χ2v) is 7.36. The largest absolute Gasteiger partial charge is 0.404 e. The van der Waals surface area contributed by atoms with Crippen molar-refractivity contribution in [2.75, 3.05) is 26.5 Å². The minimum Gasteiger partial charge on any atom is -0.404 e. The number of carbonyl (C=O) groups excluding carboxylic acids is 2. The molecule has 170 valence electrons. The normalized spacial score (nSPS) is 10.5. The van der Waals surface area contributed by atoms with Crippen LogP contribution in [0, 0.1) is 0 Å². The van der Waals surface area contributed by atoms with Gasteiger partial charge in [0.05, 0.1) is 16.3 Å². The summed E-state index contributed by atoms with van der Waals surface area (Å²) in [4.78, 5) is 23.2. The predicted octanol–water partition coefficient (Wildman–Crippen LogP) is 5.43. The Hall–Kier alpha value is -2.48. The van der Waals surface area contributed by atoms with Crippen LogP contribution in [0.1, 0.15) is 41.1 Å². The number of hydrogen-bond acceptors (Lipinski definition) is 5. The molecule has 0 aliphatic carbocycles. The van der Waals surface area contributed by atoms with Crippen LogP contribution in [0.15, 0.2) is 42.1 Å². The molecule has 1 amide bonds. The van der Waals surface area contributed by atoms with E-state index < -0.39 is 0 Å². The van der Waals surface area contributed by atoms with Crippen molar-refractivity contribution in [3.8, 4) is 0 Å². The molecule has 1 aromatic carbocycles. The first-order valence-electron chi connectivity index (χ1n) is 9.22. The van der Waals surface area contributed by atoms with Gasteiger partial charge in [-0.05, 0) is 37.3 Å². The lowest BCUT2D eigenvalue weighted by atomic mass is 10.1. The number of amides is 1. The van der Waals surface area contributed by atoms with Crippen LogP contribution in [0.4, 0.5) is 5.69 Å². The molecule has 0 fully saturated rings. The van der Waals surface area contributed by atoms with E-state index in [0.29, 0.717) is 38.4 Å². The van der Waals surface area contributed by atoms with Gasteiger partial charge in [0.2, 0.25) is 0 Å². The Morgan fingerprint density at radius 3 is 2.23 bits per heavy atom. The number of rotatable bonds is 5. The number of halogens is 3. The molecule has 0 atom stereocenters. The van der Waals surface area contributed by atoms with Crippen molar-refractivity contribution in [3.05, 3.63) is 68.6 Å².